The highest BCUT2D eigenvalue weighted by molar-refractivity contribution is 7.99. The van der Waals surface area contributed by atoms with E-state index in [0.717, 1.165) is 31.0 Å². The molecule has 0 fully saturated rings. The van der Waals surface area contributed by atoms with Gasteiger partial charge in [0.05, 0.1) is 11.5 Å². The second-order valence-corrected chi connectivity index (χ2v) is 4.76. The summed E-state index contributed by atoms with van der Waals surface area (Å²) in [4.78, 5) is 28.1. The molecule has 2 N–H and O–H groups in total. The van der Waals surface area contributed by atoms with Crippen molar-refractivity contribution in [1.82, 2.24) is 9.97 Å². The zero-order valence-corrected chi connectivity index (χ0v) is 10.9. The van der Waals surface area contributed by atoms with Gasteiger partial charge in [0.1, 0.15) is 0 Å². The largest absolute Gasteiger partial charge is 0.549 e. The van der Waals surface area contributed by atoms with Crippen LogP contribution in [0.3, 0.4) is 0 Å². The molecule has 0 unspecified atom stereocenters. The summed E-state index contributed by atoms with van der Waals surface area (Å²) in [6, 6.07) is 0. The molecule has 0 saturated carbocycles. The van der Waals surface area contributed by atoms with E-state index in [2.05, 4.69) is 9.97 Å². The molecule has 0 aliphatic rings. The summed E-state index contributed by atoms with van der Waals surface area (Å²) in [5, 5.41) is 20.0. The van der Waals surface area contributed by atoms with Crippen LogP contribution >= 0.6 is 11.8 Å². The Balaban J connectivity index is 2.77. The number of aromatic amines is 1. The van der Waals surface area contributed by atoms with Crippen molar-refractivity contribution < 1.29 is 15.0 Å². The highest BCUT2D eigenvalue weighted by atomic mass is 32.2. The van der Waals surface area contributed by atoms with E-state index >= 15 is 0 Å². The van der Waals surface area contributed by atoms with Crippen LogP contribution in [0.1, 0.15) is 31.7 Å². The second kappa shape index (κ2) is 7.05. The van der Waals surface area contributed by atoms with Gasteiger partial charge in [0.25, 0.3) is 5.56 Å². The van der Waals surface area contributed by atoms with Crippen LogP contribution in [0.4, 0.5) is 0 Å². The van der Waals surface area contributed by atoms with E-state index in [0.29, 0.717) is 6.42 Å². The fourth-order valence-corrected chi connectivity index (χ4v) is 2.01. The zero-order valence-electron chi connectivity index (χ0n) is 10.1. The number of unbranched alkanes of at least 4 members (excludes halogenated alkanes) is 2. The molecule has 0 bridgehead atoms. The smallest absolute Gasteiger partial charge is 0.258 e. The fraction of sp³-hybridized carbons (Fsp3) is 0.545. The molecule has 18 heavy (non-hydrogen) atoms. The lowest BCUT2D eigenvalue weighted by Gasteiger charge is -2.05. The van der Waals surface area contributed by atoms with Crippen LogP contribution in [0.2, 0.25) is 0 Å². The number of nitrogens with zero attached hydrogens (tertiary/aromatic N) is 1. The van der Waals surface area contributed by atoms with E-state index in [1.165, 1.54) is 0 Å². The van der Waals surface area contributed by atoms with Crippen LogP contribution in [-0.2, 0) is 11.2 Å². The lowest BCUT2D eigenvalue weighted by atomic mass is 10.1. The summed E-state index contributed by atoms with van der Waals surface area (Å²) in [6.45, 7) is 2.04. The molecule has 0 atom stereocenters. The highest BCUT2D eigenvalue weighted by Gasteiger charge is 2.10. The number of aromatic nitrogens is 2. The Morgan fingerprint density at radius 1 is 1.50 bits per heavy atom. The minimum Gasteiger partial charge on any atom is -0.549 e. The van der Waals surface area contributed by atoms with Crippen molar-refractivity contribution in [1.29, 1.82) is 0 Å². The van der Waals surface area contributed by atoms with E-state index in [1.54, 1.807) is 0 Å². The van der Waals surface area contributed by atoms with Crippen molar-refractivity contribution in [2.75, 3.05) is 5.75 Å². The van der Waals surface area contributed by atoms with Gasteiger partial charge in [-0.3, -0.25) is 4.79 Å². The van der Waals surface area contributed by atoms with Crippen molar-refractivity contribution in [3.05, 3.63) is 15.9 Å². The molecule has 0 aromatic carbocycles. The van der Waals surface area contributed by atoms with Gasteiger partial charge in [0, 0.05) is 5.75 Å². The number of thioether (sulfide) groups is 1. The van der Waals surface area contributed by atoms with Crippen molar-refractivity contribution in [3.8, 4) is 5.88 Å². The van der Waals surface area contributed by atoms with Crippen molar-refractivity contribution >= 4 is 17.7 Å². The lowest BCUT2D eigenvalue weighted by molar-refractivity contribution is -0.301. The van der Waals surface area contributed by atoms with Crippen LogP contribution in [0.5, 0.6) is 5.88 Å². The van der Waals surface area contributed by atoms with E-state index in [1.807, 2.05) is 6.92 Å². The molecule has 1 aromatic rings. The van der Waals surface area contributed by atoms with E-state index in [9.17, 15) is 19.8 Å². The summed E-state index contributed by atoms with van der Waals surface area (Å²) >= 11 is 0.805. The van der Waals surface area contributed by atoms with Crippen LogP contribution < -0.4 is 10.7 Å². The van der Waals surface area contributed by atoms with Crippen molar-refractivity contribution in [2.45, 2.75) is 37.8 Å². The van der Waals surface area contributed by atoms with Crippen LogP contribution in [0, 0.1) is 0 Å². The molecule has 1 heterocycles. The number of rotatable bonds is 7. The molecule has 0 aliphatic heterocycles. The van der Waals surface area contributed by atoms with E-state index in [4.69, 9.17) is 0 Å². The molecule has 0 spiro atoms. The topological polar surface area (TPSA) is 106 Å². The second-order valence-electron chi connectivity index (χ2n) is 3.79. The number of hydrogen-bond acceptors (Lipinski definition) is 6. The summed E-state index contributed by atoms with van der Waals surface area (Å²) in [7, 11) is 0. The zero-order chi connectivity index (χ0) is 13.5. The Labute approximate surface area is 108 Å². The minimum absolute atomic E-state index is 0.0842. The van der Waals surface area contributed by atoms with Crippen LogP contribution in [0.25, 0.3) is 0 Å². The first-order valence-corrected chi connectivity index (χ1v) is 6.68. The van der Waals surface area contributed by atoms with Gasteiger partial charge in [0.15, 0.2) is 5.16 Å². The average molecular weight is 271 g/mol. The van der Waals surface area contributed by atoms with Gasteiger partial charge in [-0.05, 0) is 12.8 Å². The maximum Gasteiger partial charge on any atom is 0.258 e. The minimum atomic E-state index is -1.26. The Bertz CT molecular complexity index is 473. The van der Waals surface area contributed by atoms with Crippen LogP contribution in [0.15, 0.2) is 9.95 Å². The van der Waals surface area contributed by atoms with Crippen molar-refractivity contribution in [2.24, 2.45) is 0 Å². The number of carbonyl (C=O) groups excluding carboxylic acids is 1. The third kappa shape index (κ3) is 4.40. The molecule has 1 rings (SSSR count). The lowest BCUT2D eigenvalue weighted by Crippen LogP contribution is -2.24. The third-order valence-corrected chi connectivity index (χ3v) is 3.18. The predicted molar refractivity (Wildman–Crippen MR) is 65.5 cm³/mol. The number of hydrogen-bond donors (Lipinski definition) is 2. The summed E-state index contributed by atoms with van der Waals surface area (Å²) in [5.41, 5.74) is -0.166. The third-order valence-electron chi connectivity index (χ3n) is 2.33. The van der Waals surface area contributed by atoms with Gasteiger partial charge >= 0.3 is 0 Å². The molecule has 6 nitrogen and oxygen atoms in total. The first-order chi connectivity index (χ1) is 8.54. The Morgan fingerprint density at radius 2 is 2.22 bits per heavy atom. The van der Waals surface area contributed by atoms with Crippen LogP contribution in [-0.4, -0.2) is 26.8 Å². The standard InChI is InChI=1S/C11H16N2O4S/c1-2-3-4-5-7-9(16)12-11(13-10(7)17)18-6-8(14)15/h2-6H2,1H3,(H,14,15)(H2,12,13,16,17)/p-1. The normalized spacial score (nSPS) is 10.5. The summed E-state index contributed by atoms with van der Waals surface area (Å²) in [5.74, 6) is -1.90. The summed E-state index contributed by atoms with van der Waals surface area (Å²) in [6.07, 6.45) is 3.26. The van der Waals surface area contributed by atoms with Gasteiger partial charge in [0.2, 0.25) is 5.88 Å². The molecule has 7 heteroatoms. The number of carboxylic acid groups (broad SMARTS) is 1. The van der Waals surface area contributed by atoms with Gasteiger partial charge in [-0.15, -0.1) is 0 Å². The average Bonchev–Trinajstić information content (AvgIpc) is 2.30. The SMILES string of the molecule is CCCCCc1c(O)nc(SCC(=O)[O-])[nH]c1=O. The Kier molecular flexibility index (Phi) is 5.70. The molecular weight excluding hydrogens is 256 g/mol. The Morgan fingerprint density at radius 3 is 2.78 bits per heavy atom. The van der Waals surface area contributed by atoms with Gasteiger partial charge in [-0.1, -0.05) is 31.5 Å². The molecule has 100 valence electrons. The number of H-pyrrole nitrogens is 1. The number of aliphatic carboxylic acids is 1. The van der Waals surface area contributed by atoms with Gasteiger partial charge < -0.3 is 20.0 Å². The Hall–Kier alpha value is -1.50. The van der Waals surface area contributed by atoms with Crippen molar-refractivity contribution in [3.63, 3.8) is 0 Å². The molecule has 0 saturated heterocycles. The fourth-order valence-electron chi connectivity index (χ4n) is 1.44. The predicted octanol–water partition coefficient (Wildman–Crippen LogP) is 0.0502. The molecule has 0 radical (unpaired) electrons. The maximum atomic E-state index is 11.7. The van der Waals surface area contributed by atoms with E-state index < -0.39 is 11.5 Å². The molecular formula is C11H15N2O4S-. The monoisotopic (exact) mass is 271 g/mol. The molecule has 1 aromatic heterocycles. The molecule has 0 amide bonds. The maximum absolute atomic E-state index is 11.7. The number of carboxylic acids is 1. The first kappa shape index (κ1) is 14.6. The summed E-state index contributed by atoms with van der Waals surface area (Å²) < 4.78 is 0. The van der Waals surface area contributed by atoms with Gasteiger partial charge in [-0.25, -0.2) is 0 Å². The van der Waals surface area contributed by atoms with E-state index in [-0.39, 0.29) is 22.4 Å². The van der Waals surface area contributed by atoms with Gasteiger partial charge in [-0.2, -0.15) is 4.98 Å². The highest BCUT2D eigenvalue weighted by Crippen LogP contribution is 2.17. The number of carbonyl (C=O) groups is 1. The molecule has 0 aliphatic carbocycles. The number of aromatic hydroxyl groups is 1. The quantitative estimate of drug-likeness (QED) is 0.412. The number of nitrogens with one attached hydrogen (secondary N) is 1. The first-order valence-electron chi connectivity index (χ1n) is 5.69.